The van der Waals surface area contributed by atoms with Crippen LogP contribution in [0.5, 0.6) is 0 Å². The summed E-state index contributed by atoms with van der Waals surface area (Å²) in [7, 11) is 0. The number of ether oxygens (including phenoxy) is 1. The van der Waals surface area contributed by atoms with E-state index in [0.29, 0.717) is 23.2 Å². The quantitative estimate of drug-likeness (QED) is 0.790. The Morgan fingerprint density at radius 1 is 1.15 bits per heavy atom. The summed E-state index contributed by atoms with van der Waals surface area (Å²) in [5.74, 6) is 0. The van der Waals surface area contributed by atoms with Crippen molar-refractivity contribution in [2.75, 3.05) is 0 Å². The van der Waals surface area contributed by atoms with Gasteiger partial charge in [-0.1, -0.05) is 70.1 Å². The van der Waals surface area contributed by atoms with Crippen molar-refractivity contribution in [1.82, 2.24) is 0 Å². The van der Waals surface area contributed by atoms with Crippen LogP contribution < -0.4 is 5.73 Å². The molecule has 0 fully saturated rings. The molecule has 2 N–H and O–H groups in total. The maximum absolute atomic E-state index is 6.18. The van der Waals surface area contributed by atoms with Crippen molar-refractivity contribution in [3.63, 3.8) is 0 Å². The van der Waals surface area contributed by atoms with Crippen LogP contribution >= 0.6 is 39.7 Å². The first kappa shape index (κ1) is 15.4. The number of thiocarbonyl (C=S) groups is 1. The Hall–Kier alpha value is -0.940. The van der Waals surface area contributed by atoms with Gasteiger partial charge in [0, 0.05) is 15.1 Å². The third kappa shape index (κ3) is 4.03. The molecule has 5 heteroatoms. The Morgan fingerprint density at radius 3 is 2.50 bits per heavy atom. The van der Waals surface area contributed by atoms with E-state index in [9.17, 15) is 0 Å². The van der Waals surface area contributed by atoms with Crippen molar-refractivity contribution in [3.05, 3.63) is 68.7 Å². The standard InChI is InChI=1S/C15H13BrClNOS/c16-13-4-2-1-3-11(13)8-19-9-12-6-5-10(15(18)20)7-14(12)17/h1-7H,8-9H2,(H2,18,20). The maximum atomic E-state index is 6.18. The molecule has 104 valence electrons. The molecule has 0 aliphatic carbocycles. The van der Waals surface area contributed by atoms with E-state index in [4.69, 9.17) is 34.3 Å². The van der Waals surface area contributed by atoms with Gasteiger partial charge >= 0.3 is 0 Å². The first-order chi connectivity index (χ1) is 9.58. The second kappa shape index (κ2) is 7.18. The zero-order chi connectivity index (χ0) is 14.5. The molecule has 2 nitrogen and oxygen atoms in total. The monoisotopic (exact) mass is 369 g/mol. The molecule has 0 radical (unpaired) electrons. The van der Waals surface area contributed by atoms with Crippen LogP contribution in [-0.2, 0) is 18.0 Å². The van der Waals surface area contributed by atoms with Crippen LogP contribution in [0.15, 0.2) is 46.9 Å². The van der Waals surface area contributed by atoms with Crippen LogP contribution in [0.1, 0.15) is 16.7 Å². The Balaban J connectivity index is 1.98. The van der Waals surface area contributed by atoms with Gasteiger partial charge in [-0.25, -0.2) is 0 Å². The van der Waals surface area contributed by atoms with Gasteiger partial charge in [0.05, 0.1) is 13.2 Å². The van der Waals surface area contributed by atoms with Crippen molar-refractivity contribution in [3.8, 4) is 0 Å². The van der Waals surface area contributed by atoms with Crippen molar-refractivity contribution in [1.29, 1.82) is 0 Å². The highest BCUT2D eigenvalue weighted by Gasteiger charge is 2.05. The zero-order valence-corrected chi connectivity index (χ0v) is 13.8. The van der Waals surface area contributed by atoms with E-state index in [-0.39, 0.29) is 0 Å². The highest BCUT2D eigenvalue weighted by molar-refractivity contribution is 9.10. The van der Waals surface area contributed by atoms with E-state index in [1.807, 2.05) is 36.4 Å². The number of rotatable bonds is 5. The average molecular weight is 371 g/mol. The van der Waals surface area contributed by atoms with Crippen LogP contribution in [0.4, 0.5) is 0 Å². The van der Waals surface area contributed by atoms with Crippen LogP contribution in [-0.4, -0.2) is 4.99 Å². The third-order valence-corrected chi connectivity index (χ3v) is 4.17. The summed E-state index contributed by atoms with van der Waals surface area (Å²) in [5.41, 5.74) is 8.34. The number of benzene rings is 2. The smallest absolute Gasteiger partial charge is 0.104 e. The summed E-state index contributed by atoms with van der Waals surface area (Å²) >= 11 is 14.6. The Labute approximate surface area is 137 Å². The molecule has 0 bridgehead atoms. The molecule has 0 aliphatic heterocycles. The molecule has 0 amide bonds. The molecule has 20 heavy (non-hydrogen) atoms. The van der Waals surface area contributed by atoms with Crippen LogP contribution in [0.25, 0.3) is 0 Å². The lowest BCUT2D eigenvalue weighted by Gasteiger charge is -2.09. The summed E-state index contributed by atoms with van der Waals surface area (Å²) in [6, 6.07) is 13.5. The Bertz CT molecular complexity index is 633. The highest BCUT2D eigenvalue weighted by atomic mass is 79.9. The third-order valence-electron chi connectivity index (χ3n) is 2.81. The molecule has 0 aliphatic rings. The topological polar surface area (TPSA) is 35.2 Å². The van der Waals surface area contributed by atoms with Gasteiger partial charge in [0.15, 0.2) is 0 Å². The van der Waals surface area contributed by atoms with Crippen molar-refractivity contribution in [2.45, 2.75) is 13.2 Å². The largest absolute Gasteiger partial charge is 0.389 e. The van der Waals surface area contributed by atoms with Gasteiger partial charge in [0.1, 0.15) is 4.99 Å². The van der Waals surface area contributed by atoms with E-state index in [2.05, 4.69) is 15.9 Å². The number of hydrogen-bond donors (Lipinski definition) is 1. The van der Waals surface area contributed by atoms with Crippen LogP contribution in [0.2, 0.25) is 5.02 Å². The fourth-order valence-corrected chi connectivity index (χ4v) is 2.47. The molecule has 0 heterocycles. The predicted octanol–water partition coefficient (Wildman–Crippen LogP) is 4.45. The molecule has 0 aromatic heterocycles. The van der Waals surface area contributed by atoms with Gasteiger partial charge in [0.2, 0.25) is 0 Å². The molecule has 0 saturated carbocycles. The normalized spacial score (nSPS) is 10.5. The van der Waals surface area contributed by atoms with E-state index in [0.717, 1.165) is 21.2 Å². The lowest BCUT2D eigenvalue weighted by atomic mass is 10.1. The molecule has 0 saturated heterocycles. The number of halogens is 2. The minimum atomic E-state index is 0.340. The summed E-state index contributed by atoms with van der Waals surface area (Å²) in [5, 5.41) is 0.613. The number of nitrogens with two attached hydrogens (primary N) is 1. The predicted molar refractivity (Wildman–Crippen MR) is 90.0 cm³/mol. The van der Waals surface area contributed by atoms with Gasteiger partial charge in [-0.05, 0) is 23.3 Å². The second-order valence-electron chi connectivity index (χ2n) is 4.25. The summed E-state index contributed by atoms with van der Waals surface area (Å²) < 4.78 is 6.73. The Kier molecular flexibility index (Phi) is 5.54. The van der Waals surface area contributed by atoms with E-state index in [1.54, 1.807) is 6.07 Å². The molecule has 2 aromatic rings. The van der Waals surface area contributed by atoms with Crippen molar-refractivity contribution < 1.29 is 4.74 Å². The van der Waals surface area contributed by atoms with E-state index in [1.165, 1.54) is 0 Å². The van der Waals surface area contributed by atoms with E-state index >= 15 is 0 Å². The summed E-state index contributed by atoms with van der Waals surface area (Å²) in [6.07, 6.45) is 0. The number of hydrogen-bond acceptors (Lipinski definition) is 2. The van der Waals surface area contributed by atoms with Gasteiger partial charge in [-0.2, -0.15) is 0 Å². The zero-order valence-electron chi connectivity index (χ0n) is 10.6. The fraction of sp³-hybridized carbons (Fsp3) is 0.133. The SMILES string of the molecule is NC(=S)c1ccc(COCc2ccccc2Br)c(Cl)c1. The van der Waals surface area contributed by atoms with Gasteiger partial charge in [0.25, 0.3) is 0 Å². The van der Waals surface area contributed by atoms with Crippen molar-refractivity contribution in [2.24, 2.45) is 5.73 Å². The van der Waals surface area contributed by atoms with Gasteiger partial charge in [-0.15, -0.1) is 0 Å². The van der Waals surface area contributed by atoms with Gasteiger partial charge < -0.3 is 10.5 Å². The molecule has 0 spiro atoms. The average Bonchev–Trinajstić information content (AvgIpc) is 2.42. The molecule has 0 atom stereocenters. The summed E-state index contributed by atoms with van der Waals surface area (Å²) in [4.78, 5) is 0.340. The lowest BCUT2D eigenvalue weighted by molar-refractivity contribution is 0.107. The minimum Gasteiger partial charge on any atom is -0.389 e. The minimum absolute atomic E-state index is 0.340. The molecular formula is C15H13BrClNOS. The van der Waals surface area contributed by atoms with Crippen LogP contribution in [0.3, 0.4) is 0 Å². The fourth-order valence-electron chi connectivity index (χ4n) is 1.70. The molecular weight excluding hydrogens is 358 g/mol. The first-order valence-electron chi connectivity index (χ1n) is 5.97. The molecule has 0 unspecified atom stereocenters. The molecule has 2 aromatic carbocycles. The van der Waals surface area contributed by atoms with Crippen molar-refractivity contribution >= 4 is 44.7 Å². The maximum Gasteiger partial charge on any atom is 0.104 e. The summed E-state index contributed by atoms with van der Waals surface area (Å²) in [6.45, 7) is 0.965. The first-order valence-corrected chi connectivity index (χ1v) is 7.55. The molecule has 2 rings (SSSR count). The Morgan fingerprint density at radius 2 is 1.85 bits per heavy atom. The second-order valence-corrected chi connectivity index (χ2v) is 5.96. The van der Waals surface area contributed by atoms with Crippen LogP contribution in [0, 0.1) is 0 Å². The highest BCUT2D eigenvalue weighted by Crippen LogP contribution is 2.21. The lowest BCUT2D eigenvalue weighted by Crippen LogP contribution is -2.09. The van der Waals surface area contributed by atoms with E-state index < -0.39 is 0 Å². The van der Waals surface area contributed by atoms with Gasteiger partial charge in [-0.3, -0.25) is 0 Å².